The molecule has 0 heterocycles. The molecular formula is C15H24O. The lowest BCUT2D eigenvalue weighted by Crippen LogP contribution is -2.10. The summed E-state index contributed by atoms with van der Waals surface area (Å²) >= 11 is 0. The summed E-state index contributed by atoms with van der Waals surface area (Å²) in [5.74, 6) is 0.990. The van der Waals surface area contributed by atoms with Gasteiger partial charge in [0.05, 0.1) is 6.61 Å². The molecule has 0 bridgehead atoms. The van der Waals surface area contributed by atoms with Gasteiger partial charge < -0.3 is 4.74 Å². The summed E-state index contributed by atoms with van der Waals surface area (Å²) in [5, 5.41) is 0. The van der Waals surface area contributed by atoms with E-state index in [0.717, 1.165) is 18.8 Å². The van der Waals surface area contributed by atoms with E-state index in [1.165, 1.54) is 18.4 Å². The van der Waals surface area contributed by atoms with Crippen molar-refractivity contribution in [3.63, 3.8) is 0 Å². The second kappa shape index (κ2) is 5.93. The minimum atomic E-state index is 0.223. The first-order chi connectivity index (χ1) is 7.54. The Morgan fingerprint density at radius 2 is 1.62 bits per heavy atom. The Bertz CT molecular complexity index is 292. The van der Waals surface area contributed by atoms with Gasteiger partial charge in [-0.1, -0.05) is 52.7 Å². The van der Waals surface area contributed by atoms with Crippen LogP contribution in [0.15, 0.2) is 24.3 Å². The van der Waals surface area contributed by atoms with E-state index in [4.69, 9.17) is 4.74 Å². The molecule has 0 amide bonds. The molecule has 1 nitrogen and oxygen atoms in total. The molecule has 1 aromatic carbocycles. The van der Waals surface area contributed by atoms with Crippen LogP contribution in [0.25, 0.3) is 0 Å². The third kappa shape index (κ3) is 4.26. The Morgan fingerprint density at radius 1 is 1.00 bits per heavy atom. The summed E-state index contributed by atoms with van der Waals surface area (Å²) in [6, 6.07) is 8.48. The molecule has 1 heteroatoms. The van der Waals surface area contributed by atoms with E-state index >= 15 is 0 Å². The molecule has 0 aromatic heterocycles. The van der Waals surface area contributed by atoms with Crippen molar-refractivity contribution >= 4 is 0 Å². The van der Waals surface area contributed by atoms with Crippen LogP contribution < -0.4 is 4.74 Å². The van der Waals surface area contributed by atoms with Crippen molar-refractivity contribution in [1.82, 2.24) is 0 Å². The van der Waals surface area contributed by atoms with Crippen molar-refractivity contribution < 1.29 is 4.74 Å². The Balaban J connectivity index is 2.46. The van der Waals surface area contributed by atoms with Crippen molar-refractivity contribution in [1.29, 1.82) is 0 Å². The summed E-state index contributed by atoms with van der Waals surface area (Å²) in [6.45, 7) is 9.72. The van der Waals surface area contributed by atoms with Gasteiger partial charge in [-0.2, -0.15) is 0 Å². The summed E-state index contributed by atoms with van der Waals surface area (Å²) in [5.41, 5.74) is 1.58. The highest BCUT2D eigenvalue weighted by molar-refractivity contribution is 5.31. The Hall–Kier alpha value is -0.980. The minimum absolute atomic E-state index is 0.223. The van der Waals surface area contributed by atoms with Gasteiger partial charge >= 0.3 is 0 Å². The summed E-state index contributed by atoms with van der Waals surface area (Å²) < 4.78 is 5.68. The van der Waals surface area contributed by atoms with Crippen LogP contribution in [0.1, 0.15) is 52.5 Å². The fourth-order valence-corrected chi connectivity index (χ4v) is 1.59. The Labute approximate surface area is 99.8 Å². The van der Waals surface area contributed by atoms with Gasteiger partial charge in [0.25, 0.3) is 0 Å². The van der Waals surface area contributed by atoms with E-state index in [2.05, 4.69) is 52.0 Å². The molecule has 0 atom stereocenters. The first-order valence-corrected chi connectivity index (χ1v) is 6.27. The average Bonchev–Trinajstić information content (AvgIpc) is 2.24. The molecule has 0 radical (unpaired) electrons. The van der Waals surface area contributed by atoms with Crippen LogP contribution in [0.5, 0.6) is 5.75 Å². The SMILES string of the molecule is CCCCCOc1ccc(C(C)(C)C)cc1. The van der Waals surface area contributed by atoms with E-state index in [-0.39, 0.29) is 5.41 Å². The lowest BCUT2D eigenvalue weighted by molar-refractivity contribution is 0.306. The predicted molar refractivity (Wildman–Crippen MR) is 70.2 cm³/mol. The van der Waals surface area contributed by atoms with Crippen molar-refractivity contribution in [2.75, 3.05) is 6.61 Å². The topological polar surface area (TPSA) is 9.23 Å². The lowest BCUT2D eigenvalue weighted by Gasteiger charge is -2.19. The largest absolute Gasteiger partial charge is 0.494 e. The smallest absolute Gasteiger partial charge is 0.119 e. The van der Waals surface area contributed by atoms with E-state index in [9.17, 15) is 0 Å². The first-order valence-electron chi connectivity index (χ1n) is 6.27. The van der Waals surface area contributed by atoms with Gasteiger partial charge in [-0.15, -0.1) is 0 Å². The van der Waals surface area contributed by atoms with Crippen molar-refractivity contribution in [3.05, 3.63) is 29.8 Å². The number of unbranched alkanes of at least 4 members (excludes halogenated alkanes) is 2. The van der Waals surface area contributed by atoms with E-state index < -0.39 is 0 Å². The highest BCUT2D eigenvalue weighted by Gasteiger charge is 2.12. The highest BCUT2D eigenvalue weighted by atomic mass is 16.5. The molecular weight excluding hydrogens is 196 g/mol. The zero-order chi connectivity index (χ0) is 12.0. The van der Waals surface area contributed by atoms with E-state index in [0.29, 0.717) is 0 Å². The molecule has 0 saturated heterocycles. The number of rotatable bonds is 5. The minimum Gasteiger partial charge on any atom is -0.494 e. The Kier molecular flexibility index (Phi) is 4.85. The number of hydrogen-bond donors (Lipinski definition) is 0. The van der Waals surface area contributed by atoms with Crippen LogP contribution in [0.2, 0.25) is 0 Å². The van der Waals surface area contributed by atoms with Gasteiger partial charge in [-0.3, -0.25) is 0 Å². The van der Waals surface area contributed by atoms with Crippen LogP contribution in [0, 0.1) is 0 Å². The fraction of sp³-hybridized carbons (Fsp3) is 0.600. The molecule has 0 spiro atoms. The number of ether oxygens (including phenoxy) is 1. The predicted octanol–water partition coefficient (Wildman–Crippen LogP) is 4.55. The number of benzene rings is 1. The van der Waals surface area contributed by atoms with Crippen molar-refractivity contribution in [2.45, 2.75) is 52.4 Å². The van der Waals surface area contributed by atoms with Gasteiger partial charge in [0.2, 0.25) is 0 Å². The van der Waals surface area contributed by atoms with Crippen molar-refractivity contribution in [2.24, 2.45) is 0 Å². The van der Waals surface area contributed by atoms with Crippen LogP contribution in [-0.2, 0) is 5.41 Å². The van der Waals surface area contributed by atoms with Crippen LogP contribution >= 0.6 is 0 Å². The second-order valence-corrected chi connectivity index (χ2v) is 5.33. The fourth-order valence-electron chi connectivity index (χ4n) is 1.59. The number of hydrogen-bond acceptors (Lipinski definition) is 1. The quantitative estimate of drug-likeness (QED) is 0.661. The Morgan fingerprint density at radius 3 is 2.12 bits per heavy atom. The molecule has 0 aliphatic rings. The van der Waals surface area contributed by atoms with Crippen LogP contribution in [0.3, 0.4) is 0 Å². The molecule has 90 valence electrons. The third-order valence-electron chi connectivity index (χ3n) is 2.74. The molecule has 16 heavy (non-hydrogen) atoms. The second-order valence-electron chi connectivity index (χ2n) is 5.33. The van der Waals surface area contributed by atoms with Gasteiger partial charge in [0, 0.05) is 0 Å². The summed E-state index contributed by atoms with van der Waals surface area (Å²) in [6.07, 6.45) is 3.64. The first kappa shape index (κ1) is 13.1. The molecule has 0 saturated carbocycles. The maximum absolute atomic E-state index is 5.68. The lowest BCUT2D eigenvalue weighted by atomic mass is 9.87. The van der Waals surface area contributed by atoms with Gasteiger partial charge in [0.1, 0.15) is 5.75 Å². The third-order valence-corrected chi connectivity index (χ3v) is 2.74. The summed E-state index contributed by atoms with van der Waals surface area (Å²) in [7, 11) is 0. The molecule has 1 aromatic rings. The zero-order valence-corrected chi connectivity index (χ0v) is 11.0. The maximum atomic E-state index is 5.68. The van der Waals surface area contributed by atoms with Gasteiger partial charge in [-0.05, 0) is 29.5 Å². The van der Waals surface area contributed by atoms with E-state index in [1.807, 2.05) is 0 Å². The monoisotopic (exact) mass is 220 g/mol. The normalized spacial score (nSPS) is 11.5. The molecule has 0 fully saturated rings. The standard InChI is InChI=1S/C15H24O/c1-5-6-7-12-16-14-10-8-13(9-11-14)15(2,3)4/h8-11H,5-7,12H2,1-4H3. The van der Waals surface area contributed by atoms with Gasteiger partial charge in [0.15, 0.2) is 0 Å². The van der Waals surface area contributed by atoms with E-state index in [1.54, 1.807) is 0 Å². The van der Waals surface area contributed by atoms with Crippen molar-refractivity contribution in [3.8, 4) is 5.75 Å². The van der Waals surface area contributed by atoms with Crippen LogP contribution in [-0.4, -0.2) is 6.61 Å². The highest BCUT2D eigenvalue weighted by Crippen LogP contribution is 2.24. The molecule has 0 aliphatic carbocycles. The molecule has 0 N–H and O–H groups in total. The van der Waals surface area contributed by atoms with Gasteiger partial charge in [-0.25, -0.2) is 0 Å². The van der Waals surface area contributed by atoms with Crippen LogP contribution in [0.4, 0.5) is 0 Å². The summed E-state index contributed by atoms with van der Waals surface area (Å²) in [4.78, 5) is 0. The average molecular weight is 220 g/mol. The maximum Gasteiger partial charge on any atom is 0.119 e. The molecule has 1 rings (SSSR count). The zero-order valence-electron chi connectivity index (χ0n) is 11.0. The molecule has 0 unspecified atom stereocenters. The molecule has 0 aliphatic heterocycles.